The fourth-order valence-electron chi connectivity index (χ4n) is 3.04. The monoisotopic (exact) mass is 317 g/mol. The van der Waals surface area contributed by atoms with Gasteiger partial charge in [-0.1, -0.05) is 29.5 Å². The molecule has 0 amide bonds. The number of rotatable bonds is 1. The Morgan fingerprint density at radius 1 is 1.50 bits per heavy atom. The molecule has 6 heteroatoms. The molecule has 0 aromatic heterocycles. The lowest BCUT2D eigenvalue weighted by atomic mass is 9.85. The molecule has 0 bridgehead atoms. The van der Waals surface area contributed by atoms with Gasteiger partial charge in [-0.25, -0.2) is 0 Å². The Labute approximate surface area is 134 Å². The van der Waals surface area contributed by atoms with E-state index in [9.17, 15) is 5.11 Å². The molecule has 1 aromatic carbocycles. The number of aliphatic imine (C=N–C) groups is 1. The van der Waals surface area contributed by atoms with Crippen LogP contribution in [0.4, 0.5) is 0 Å². The number of benzene rings is 1. The van der Waals surface area contributed by atoms with Crippen molar-refractivity contribution < 1.29 is 9.84 Å². The second-order valence-electron chi connectivity index (χ2n) is 6.17. The van der Waals surface area contributed by atoms with Gasteiger partial charge in [0.2, 0.25) is 6.19 Å². The van der Waals surface area contributed by atoms with Crippen molar-refractivity contribution in [1.29, 1.82) is 5.26 Å². The predicted molar refractivity (Wildman–Crippen MR) is 86.8 cm³/mol. The highest BCUT2D eigenvalue weighted by atomic mass is 32.2. The number of aliphatic hydroxyl groups is 1. The molecule has 0 aliphatic carbocycles. The molecule has 1 N–H and O–H groups in total. The smallest absolute Gasteiger partial charge is 0.208 e. The summed E-state index contributed by atoms with van der Waals surface area (Å²) in [5.74, 6) is 1.66. The van der Waals surface area contributed by atoms with E-state index in [1.807, 2.05) is 50.1 Å². The molecule has 2 aliphatic heterocycles. The number of amidine groups is 1. The number of thioether (sulfide) groups is 1. The predicted octanol–water partition coefficient (Wildman–Crippen LogP) is 2.45. The molecule has 2 heterocycles. The second kappa shape index (κ2) is 5.49. The molecule has 2 aliphatic rings. The number of hydrogen-bond acceptors (Lipinski definition) is 5. The first-order valence-electron chi connectivity index (χ1n) is 7.28. The Morgan fingerprint density at radius 2 is 2.27 bits per heavy atom. The Bertz CT molecular complexity index is 666. The van der Waals surface area contributed by atoms with Crippen LogP contribution in [-0.4, -0.2) is 39.2 Å². The highest BCUT2D eigenvalue weighted by molar-refractivity contribution is 8.14. The summed E-state index contributed by atoms with van der Waals surface area (Å²) < 4.78 is 5.98. The number of fused-ring (bicyclic) bond motifs is 1. The summed E-state index contributed by atoms with van der Waals surface area (Å²) in [4.78, 5) is 5.95. The number of hydrogen-bond donors (Lipinski definition) is 1. The minimum atomic E-state index is -0.704. The van der Waals surface area contributed by atoms with E-state index in [0.717, 1.165) is 29.2 Å². The Hall–Kier alpha value is -1.71. The van der Waals surface area contributed by atoms with Gasteiger partial charge in [-0.05, 0) is 26.8 Å². The lowest BCUT2D eigenvalue weighted by Gasteiger charge is -2.45. The first-order valence-corrected chi connectivity index (χ1v) is 8.26. The van der Waals surface area contributed by atoms with Crippen molar-refractivity contribution in [2.75, 3.05) is 12.3 Å². The van der Waals surface area contributed by atoms with Crippen molar-refractivity contribution in [3.05, 3.63) is 29.3 Å². The lowest BCUT2D eigenvalue weighted by Crippen LogP contribution is -2.53. The third-order valence-electron chi connectivity index (χ3n) is 4.16. The highest BCUT2D eigenvalue weighted by Crippen LogP contribution is 2.45. The largest absolute Gasteiger partial charge is 0.485 e. The maximum absolute atomic E-state index is 10.9. The van der Waals surface area contributed by atoms with E-state index >= 15 is 0 Å². The van der Waals surface area contributed by atoms with Crippen LogP contribution in [0.5, 0.6) is 5.75 Å². The van der Waals surface area contributed by atoms with Crippen LogP contribution in [0.3, 0.4) is 0 Å². The average Bonchev–Trinajstić information content (AvgIpc) is 2.89. The first kappa shape index (κ1) is 15.2. The maximum atomic E-state index is 10.9. The summed E-state index contributed by atoms with van der Waals surface area (Å²) >= 11 is 1.55. The normalized spacial score (nSPS) is 28.1. The number of ether oxygens (including phenoxy) is 1. The van der Waals surface area contributed by atoms with Crippen LogP contribution in [0.2, 0.25) is 0 Å². The Morgan fingerprint density at radius 3 is 3.00 bits per heavy atom. The Kier molecular flexibility index (Phi) is 3.79. The van der Waals surface area contributed by atoms with Crippen molar-refractivity contribution >= 4 is 16.9 Å². The van der Waals surface area contributed by atoms with Gasteiger partial charge in [0.05, 0.1) is 6.04 Å². The molecule has 0 spiro atoms. The van der Waals surface area contributed by atoms with Gasteiger partial charge in [0.1, 0.15) is 17.5 Å². The number of nitriles is 1. The molecule has 1 saturated heterocycles. The van der Waals surface area contributed by atoms with Gasteiger partial charge in [-0.15, -0.1) is 4.99 Å². The second-order valence-corrected chi connectivity index (χ2v) is 7.23. The van der Waals surface area contributed by atoms with E-state index in [2.05, 4.69) is 4.99 Å². The van der Waals surface area contributed by atoms with Gasteiger partial charge in [-0.2, -0.15) is 5.26 Å². The SMILES string of the molecule is Cc1ccc2c(c1)[C@H](N1CCSC1=NC#N)[C@@H](O)C(C)(C)O2. The molecule has 5 nitrogen and oxygen atoms in total. The van der Waals surface area contributed by atoms with Gasteiger partial charge >= 0.3 is 0 Å². The molecule has 22 heavy (non-hydrogen) atoms. The van der Waals surface area contributed by atoms with Crippen LogP contribution >= 0.6 is 11.8 Å². The number of aryl methyl sites for hydroxylation is 1. The Balaban J connectivity index is 2.11. The zero-order valence-corrected chi connectivity index (χ0v) is 13.7. The standard InChI is InChI=1S/C16H19N3O2S/c1-10-4-5-12-11(8-10)13(14(20)16(2,3)21-12)19-6-7-22-15(19)18-9-17/h4-5,8,13-14,20H,6-7H2,1-3H3/t13-,14+/m0/s1. The van der Waals surface area contributed by atoms with Crippen LogP contribution in [0.25, 0.3) is 0 Å². The molecule has 0 radical (unpaired) electrons. The van der Waals surface area contributed by atoms with Gasteiger partial charge < -0.3 is 14.7 Å². The van der Waals surface area contributed by atoms with Crippen LogP contribution in [0.1, 0.15) is 31.0 Å². The third-order valence-corrected chi connectivity index (χ3v) is 5.13. The number of aliphatic hydroxyl groups excluding tert-OH is 1. The van der Waals surface area contributed by atoms with Crippen molar-refractivity contribution in [2.24, 2.45) is 4.99 Å². The van der Waals surface area contributed by atoms with E-state index in [4.69, 9.17) is 10.00 Å². The number of nitrogens with zero attached hydrogens (tertiary/aromatic N) is 3. The molecular weight excluding hydrogens is 298 g/mol. The third kappa shape index (κ3) is 2.44. The van der Waals surface area contributed by atoms with Crippen LogP contribution in [-0.2, 0) is 0 Å². The van der Waals surface area contributed by atoms with E-state index in [-0.39, 0.29) is 6.04 Å². The van der Waals surface area contributed by atoms with Crippen molar-refractivity contribution in [3.8, 4) is 11.9 Å². The highest BCUT2D eigenvalue weighted by Gasteiger charge is 2.47. The molecule has 1 aromatic rings. The van der Waals surface area contributed by atoms with Crippen molar-refractivity contribution in [1.82, 2.24) is 4.90 Å². The summed E-state index contributed by atoms with van der Waals surface area (Å²) in [7, 11) is 0. The molecule has 0 unspecified atom stereocenters. The molecule has 1 fully saturated rings. The fourth-order valence-corrected chi connectivity index (χ4v) is 3.98. The van der Waals surface area contributed by atoms with E-state index in [0.29, 0.717) is 5.17 Å². The molecular formula is C16H19N3O2S. The van der Waals surface area contributed by atoms with Crippen LogP contribution in [0.15, 0.2) is 23.2 Å². The first-order chi connectivity index (χ1) is 10.4. The molecule has 0 saturated carbocycles. The minimum absolute atomic E-state index is 0.249. The summed E-state index contributed by atoms with van der Waals surface area (Å²) in [6, 6.07) is 5.76. The summed E-state index contributed by atoms with van der Waals surface area (Å²) in [5, 5.41) is 20.4. The van der Waals surface area contributed by atoms with Gasteiger partial charge in [0, 0.05) is 17.9 Å². The van der Waals surface area contributed by atoms with E-state index < -0.39 is 11.7 Å². The summed E-state index contributed by atoms with van der Waals surface area (Å²) in [6.07, 6.45) is 1.16. The van der Waals surface area contributed by atoms with Gasteiger partial charge in [-0.3, -0.25) is 0 Å². The fraction of sp³-hybridized carbons (Fsp3) is 0.500. The van der Waals surface area contributed by atoms with Gasteiger partial charge in [0.25, 0.3) is 0 Å². The van der Waals surface area contributed by atoms with Crippen molar-refractivity contribution in [2.45, 2.75) is 38.5 Å². The van der Waals surface area contributed by atoms with Crippen LogP contribution < -0.4 is 4.74 Å². The lowest BCUT2D eigenvalue weighted by molar-refractivity contribution is -0.0800. The zero-order chi connectivity index (χ0) is 15.9. The zero-order valence-electron chi connectivity index (χ0n) is 12.9. The van der Waals surface area contributed by atoms with Crippen molar-refractivity contribution in [3.63, 3.8) is 0 Å². The quantitative estimate of drug-likeness (QED) is 0.806. The molecule has 2 atom stereocenters. The van der Waals surface area contributed by atoms with Gasteiger partial charge in [0.15, 0.2) is 5.17 Å². The minimum Gasteiger partial charge on any atom is -0.485 e. The molecule has 116 valence electrons. The molecule has 3 rings (SSSR count). The maximum Gasteiger partial charge on any atom is 0.208 e. The topological polar surface area (TPSA) is 68.9 Å². The average molecular weight is 317 g/mol. The summed E-state index contributed by atoms with van der Waals surface area (Å²) in [6.45, 7) is 6.55. The van der Waals surface area contributed by atoms with E-state index in [1.165, 1.54) is 0 Å². The van der Waals surface area contributed by atoms with Crippen LogP contribution in [0, 0.1) is 18.4 Å². The summed E-state index contributed by atoms with van der Waals surface area (Å²) in [5.41, 5.74) is 1.38. The van der Waals surface area contributed by atoms with E-state index in [1.54, 1.807) is 11.8 Å².